The fourth-order valence-corrected chi connectivity index (χ4v) is 3.83. The molecule has 0 saturated carbocycles. The molecule has 190 valence electrons. The maximum absolute atomic E-state index is 12.8. The molecule has 3 aromatic carbocycles. The van der Waals surface area contributed by atoms with Crippen molar-refractivity contribution in [2.75, 3.05) is 5.32 Å². The van der Waals surface area contributed by atoms with Gasteiger partial charge in [0.15, 0.2) is 5.76 Å². The fraction of sp³-hybridized carbons (Fsp3) is 0.148. The van der Waals surface area contributed by atoms with Crippen LogP contribution < -0.4 is 14.8 Å². The molecule has 0 fully saturated rings. The smallest absolute Gasteiger partial charge is 0.291 e. The number of nitrogens with one attached hydrogen (secondary N) is 1. The van der Waals surface area contributed by atoms with Crippen molar-refractivity contribution in [2.24, 2.45) is 0 Å². The van der Waals surface area contributed by atoms with E-state index in [1.807, 2.05) is 24.3 Å². The highest BCUT2D eigenvalue weighted by atomic mass is 35.5. The second-order valence-corrected chi connectivity index (χ2v) is 9.23. The van der Waals surface area contributed by atoms with Gasteiger partial charge in [0.25, 0.3) is 11.6 Å². The number of non-ortho nitro benzene ring substituents is 1. The van der Waals surface area contributed by atoms with Gasteiger partial charge in [-0.25, -0.2) is 0 Å². The van der Waals surface area contributed by atoms with Crippen LogP contribution in [0.5, 0.6) is 17.2 Å². The van der Waals surface area contributed by atoms with Gasteiger partial charge < -0.3 is 19.2 Å². The van der Waals surface area contributed by atoms with E-state index in [9.17, 15) is 14.9 Å². The zero-order valence-electron chi connectivity index (χ0n) is 19.9. The minimum atomic E-state index is -0.595. The maximum atomic E-state index is 12.8. The van der Waals surface area contributed by atoms with Gasteiger partial charge in [-0.05, 0) is 53.9 Å². The molecule has 0 aliphatic rings. The largest absolute Gasteiger partial charge is 0.486 e. The van der Waals surface area contributed by atoms with Crippen molar-refractivity contribution in [3.8, 4) is 17.2 Å². The van der Waals surface area contributed by atoms with Gasteiger partial charge in [-0.1, -0.05) is 49.2 Å². The van der Waals surface area contributed by atoms with Crippen LogP contribution in [-0.2, 0) is 6.61 Å². The fourth-order valence-electron chi connectivity index (χ4n) is 3.38. The number of amides is 1. The monoisotopic (exact) mass is 540 g/mol. The predicted octanol–water partition coefficient (Wildman–Crippen LogP) is 8.24. The van der Waals surface area contributed by atoms with E-state index < -0.39 is 10.8 Å². The van der Waals surface area contributed by atoms with Crippen LogP contribution in [0, 0.1) is 10.1 Å². The molecule has 10 heteroatoms. The van der Waals surface area contributed by atoms with Crippen molar-refractivity contribution in [1.29, 1.82) is 0 Å². The summed E-state index contributed by atoms with van der Waals surface area (Å²) in [5.74, 6) is 1.32. The Morgan fingerprint density at radius 2 is 1.76 bits per heavy atom. The highest BCUT2D eigenvalue weighted by Gasteiger charge is 2.17. The van der Waals surface area contributed by atoms with E-state index in [4.69, 9.17) is 37.1 Å². The topological polar surface area (TPSA) is 104 Å². The first-order valence-corrected chi connectivity index (χ1v) is 12.0. The van der Waals surface area contributed by atoms with Gasteiger partial charge in [0, 0.05) is 17.2 Å². The van der Waals surface area contributed by atoms with E-state index in [1.54, 1.807) is 12.1 Å². The number of carbonyl (C=O) groups is 1. The molecule has 0 bridgehead atoms. The quantitative estimate of drug-likeness (QED) is 0.169. The third-order valence-electron chi connectivity index (χ3n) is 5.30. The molecule has 0 aliphatic heterocycles. The summed E-state index contributed by atoms with van der Waals surface area (Å²) in [6.45, 7) is 4.36. The molecule has 0 unspecified atom stereocenters. The van der Waals surface area contributed by atoms with E-state index >= 15 is 0 Å². The summed E-state index contributed by atoms with van der Waals surface area (Å²) in [4.78, 5) is 23.6. The Hall–Kier alpha value is -4.01. The van der Waals surface area contributed by atoms with Gasteiger partial charge in [-0.15, -0.1) is 0 Å². The third kappa shape index (κ3) is 6.81. The molecule has 0 radical (unpaired) electrons. The average molecular weight is 541 g/mol. The van der Waals surface area contributed by atoms with E-state index in [-0.39, 0.29) is 40.3 Å². The van der Waals surface area contributed by atoms with Crippen LogP contribution in [0.2, 0.25) is 10.0 Å². The Kier molecular flexibility index (Phi) is 8.01. The number of furan rings is 1. The van der Waals surface area contributed by atoms with Crippen molar-refractivity contribution in [3.05, 3.63) is 110 Å². The number of hydrogen-bond acceptors (Lipinski definition) is 6. The van der Waals surface area contributed by atoms with Crippen LogP contribution >= 0.6 is 23.2 Å². The molecular weight excluding hydrogens is 519 g/mol. The normalized spacial score (nSPS) is 10.8. The van der Waals surface area contributed by atoms with E-state index in [0.717, 1.165) is 0 Å². The van der Waals surface area contributed by atoms with Crippen LogP contribution in [0.3, 0.4) is 0 Å². The number of hydrogen-bond donors (Lipinski definition) is 1. The molecule has 0 atom stereocenters. The van der Waals surface area contributed by atoms with Gasteiger partial charge in [0.1, 0.15) is 29.6 Å². The Morgan fingerprint density at radius 1 is 1.00 bits per heavy atom. The second kappa shape index (κ2) is 11.4. The van der Waals surface area contributed by atoms with Gasteiger partial charge in [0.2, 0.25) is 0 Å². The van der Waals surface area contributed by atoms with Crippen LogP contribution in [0.15, 0.2) is 77.2 Å². The summed E-state index contributed by atoms with van der Waals surface area (Å²) in [6, 6.07) is 19.3. The first-order valence-electron chi connectivity index (χ1n) is 11.2. The molecule has 1 aromatic heterocycles. The lowest BCUT2D eigenvalue weighted by Crippen LogP contribution is -2.11. The molecule has 1 amide bonds. The molecule has 0 aliphatic carbocycles. The van der Waals surface area contributed by atoms with Crippen molar-refractivity contribution < 1.29 is 23.6 Å². The Labute approximate surface area is 222 Å². The Morgan fingerprint density at radius 3 is 2.43 bits per heavy atom. The molecule has 1 heterocycles. The summed E-state index contributed by atoms with van der Waals surface area (Å²) in [5.41, 5.74) is 1.06. The molecular formula is C27H22Cl2N2O6. The number of rotatable bonds is 9. The lowest BCUT2D eigenvalue weighted by molar-refractivity contribution is -0.384. The zero-order valence-corrected chi connectivity index (χ0v) is 21.4. The van der Waals surface area contributed by atoms with Crippen LogP contribution in [0.25, 0.3) is 0 Å². The molecule has 0 spiro atoms. The molecule has 8 nitrogen and oxygen atoms in total. The van der Waals surface area contributed by atoms with Gasteiger partial charge in [-0.2, -0.15) is 0 Å². The first kappa shape index (κ1) is 26.1. The molecule has 4 rings (SSSR count). The average Bonchev–Trinajstić information content (AvgIpc) is 3.34. The van der Waals surface area contributed by atoms with Gasteiger partial charge >= 0.3 is 0 Å². The number of nitrogens with zero attached hydrogens (tertiary/aromatic N) is 1. The number of nitro groups is 1. The number of carbonyl (C=O) groups excluding carboxylic acids is 1. The van der Waals surface area contributed by atoms with E-state index in [0.29, 0.717) is 22.5 Å². The van der Waals surface area contributed by atoms with E-state index in [2.05, 4.69) is 19.2 Å². The molecule has 0 saturated heterocycles. The van der Waals surface area contributed by atoms with Gasteiger partial charge in [0.05, 0.1) is 21.7 Å². The summed E-state index contributed by atoms with van der Waals surface area (Å²) in [5, 5.41) is 14.7. The van der Waals surface area contributed by atoms with Crippen LogP contribution in [0.4, 0.5) is 11.4 Å². The lowest BCUT2D eigenvalue weighted by atomic mass is 10.0. The number of benzene rings is 3. The van der Waals surface area contributed by atoms with Gasteiger partial charge in [-0.3, -0.25) is 14.9 Å². The lowest BCUT2D eigenvalue weighted by Gasteiger charge is -2.10. The predicted molar refractivity (Wildman–Crippen MR) is 141 cm³/mol. The van der Waals surface area contributed by atoms with Crippen LogP contribution in [-0.4, -0.2) is 10.8 Å². The van der Waals surface area contributed by atoms with E-state index in [1.165, 1.54) is 42.0 Å². The number of nitro benzene ring substituents is 1. The second-order valence-electron chi connectivity index (χ2n) is 8.38. The first-order chi connectivity index (χ1) is 17.7. The highest BCUT2D eigenvalue weighted by Crippen LogP contribution is 2.34. The maximum Gasteiger partial charge on any atom is 0.291 e. The van der Waals surface area contributed by atoms with Crippen LogP contribution in [0.1, 0.15) is 41.6 Å². The number of anilines is 1. The summed E-state index contributed by atoms with van der Waals surface area (Å²) in [6.07, 6.45) is 0. The molecule has 1 N–H and O–H groups in total. The van der Waals surface area contributed by atoms with Crippen molar-refractivity contribution >= 4 is 40.5 Å². The Balaban J connectivity index is 1.44. The summed E-state index contributed by atoms with van der Waals surface area (Å²) in [7, 11) is 0. The number of halogens is 2. The molecule has 4 aromatic rings. The third-order valence-corrected chi connectivity index (χ3v) is 5.83. The van der Waals surface area contributed by atoms with Crippen molar-refractivity contribution in [1.82, 2.24) is 0 Å². The standard InChI is InChI=1S/C27H22Cl2N2O6/c1-16(2)17-3-6-21(7-4-17)35-15-22-8-10-26(36-22)27(32)30-19-12-20(31(33)34)14-23(13-19)37-25-9-5-18(28)11-24(25)29/h3-14,16H,15H2,1-2H3,(H,30,32). The Bertz CT molecular complexity index is 1430. The minimum Gasteiger partial charge on any atom is -0.486 e. The SMILES string of the molecule is CC(C)c1ccc(OCc2ccc(C(=O)Nc3cc(Oc4ccc(Cl)cc4Cl)cc([N+](=O)[O-])c3)o2)cc1. The zero-order chi connectivity index (χ0) is 26.5. The molecule has 37 heavy (non-hydrogen) atoms. The van der Waals surface area contributed by atoms with Crippen molar-refractivity contribution in [3.63, 3.8) is 0 Å². The number of ether oxygens (including phenoxy) is 2. The summed E-state index contributed by atoms with van der Waals surface area (Å²) >= 11 is 12.0. The summed E-state index contributed by atoms with van der Waals surface area (Å²) < 4.78 is 17.0. The highest BCUT2D eigenvalue weighted by molar-refractivity contribution is 6.35. The van der Waals surface area contributed by atoms with Crippen molar-refractivity contribution in [2.45, 2.75) is 26.4 Å². The minimum absolute atomic E-state index is 0.0171.